The number of amides is 3. The van der Waals surface area contributed by atoms with Crippen molar-refractivity contribution < 1.29 is 22.8 Å². The zero-order chi connectivity index (χ0) is 17.7. The monoisotopic (exact) mass is 343 g/mol. The molecule has 1 heterocycles. The van der Waals surface area contributed by atoms with Crippen LogP contribution >= 0.6 is 0 Å². The zero-order valence-corrected chi connectivity index (χ0v) is 13.3. The summed E-state index contributed by atoms with van der Waals surface area (Å²) in [5.41, 5.74) is -0.0911. The normalized spacial score (nSPS) is 16.5. The lowest BCUT2D eigenvalue weighted by Gasteiger charge is -2.27. The number of carbonyl (C=O) groups excluding carboxylic acids is 2. The van der Waals surface area contributed by atoms with Crippen molar-refractivity contribution in [2.75, 3.05) is 26.2 Å². The van der Waals surface area contributed by atoms with Crippen molar-refractivity contribution in [1.29, 1.82) is 0 Å². The molecule has 8 heteroatoms. The molecule has 2 rings (SSSR count). The lowest BCUT2D eigenvalue weighted by Crippen LogP contribution is -2.53. The van der Waals surface area contributed by atoms with Gasteiger partial charge in [0.25, 0.3) is 0 Å². The molecule has 3 amide bonds. The summed E-state index contributed by atoms with van der Waals surface area (Å²) in [5.74, 6) is -0.328. The third-order valence-electron chi connectivity index (χ3n) is 3.96. The van der Waals surface area contributed by atoms with Crippen LogP contribution in [0.5, 0.6) is 0 Å². The molecule has 0 saturated carbocycles. The van der Waals surface area contributed by atoms with Gasteiger partial charge in [-0.1, -0.05) is 25.1 Å². The lowest BCUT2D eigenvalue weighted by molar-refractivity contribution is -0.137. The van der Waals surface area contributed by atoms with Crippen LogP contribution in [0.4, 0.5) is 18.0 Å². The molecule has 1 aromatic rings. The Balaban J connectivity index is 1.84. The number of hydrogen-bond donors (Lipinski definition) is 2. The van der Waals surface area contributed by atoms with Gasteiger partial charge in [-0.2, -0.15) is 13.2 Å². The number of nitrogens with zero attached hydrogens (tertiary/aromatic N) is 1. The third kappa shape index (κ3) is 4.87. The van der Waals surface area contributed by atoms with E-state index < -0.39 is 11.7 Å². The minimum atomic E-state index is -4.36. The summed E-state index contributed by atoms with van der Waals surface area (Å²) in [6, 6.07) is 4.89. The Bertz CT molecular complexity index is 604. The molecule has 0 aliphatic carbocycles. The van der Waals surface area contributed by atoms with E-state index in [-0.39, 0.29) is 24.4 Å². The van der Waals surface area contributed by atoms with E-state index in [0.717, 1.165) is 12.1 Å². The third-order valence-corrected chi connectivity index (χ3v) is 3.96. The van der Waals surface area contributed by atoms with Crippen molar-refractivity contribution in [2.45, 2.75) is 25.4 Å². The van der Waals surface area contributed by atoms with Gasteiger partial charge in [0, 0.05) is 19.6 Å². The maximum Gasteiger partial charge on any atom is 0.416 e. The van der Waals surface area contributed by atoms with E-state index in [9.17, 15) is 22.8 Å². The van der Waals surface area contributed by atoms with Crippen LogP contribution in [0.15, 0.2) is 24.3 Å². The van der Waals surface area contributed by atoms with E-state index in [1.54, 1.807) is 6.07 Å². The number of benzene rings is 1. The van der Waals surface area contributed by atoms with Crippen molar-refractivity contribution in [3.05, 3.63) is 35.4 Å². The van der Waals surface area contributed by atoms with Crippen LogP contribution in [-0.2, 0) is 11.0 Å². The van der Waals surface area contributed by atoms with Crippen LogP contribution < -0.4 is 10.6 Å². The smallest absolute Gasteiger partial charge is 0.353 e. The molecule has 1 atom stereocenters. The SMILES string of the molecule is CC(CCNC(=O)N1CCNC(=O)C1)c1cccc(C(F)(F)F)c1. The molecular formula is C16H20F3N3O2. The van der Waals surface area contributed by atoms with Crippen molar-refractivity contribution in [3.8, 4) is 0 Å². The van der Waals surface area contributed by atoms with Gasteiger partial charge in [-0.15, -0.1) is 0 Å². The topological polar surface area (TPSA) is 61.4 Å². The van der Waals surface area contributed by atoms with Gasteiger partial charge in [-0.3, -0.25) is 4.79 Å². The van der Waals surface area contributed by atoms with E-state index in [2.05, 4.69) is 10.6 Å². The Morgan fingerprint density at radius 2 is 2.17 bits per heavy atom. The molecule has 1 unspecified atom stereocenters. The number of alkyl halides is 3. The van der Waals surface area contributed by atoms with E-state index in [1.165, 1.54) is 11.0 Å². The molecular weight excluding hydrogens is 323 g/mol. The van der Waals surface area contributed by atoms with Crippen LogP contribution in [0.25, 0.3) is 0 Å². The molecule has 1 aliphatic rings. The first-order valence-electron chi connectivity index (χ1n) is 7.74. The summed E-state index contributed by atoms with van der Waals surface area (Å²) in [6.45, 7) is 3.03. The highest BCUT2D eigenvalue weighted by Crippen LogP contribution is 2.31. The maximum absolute atomic E-state index is 12.7. The molecule has 24 heavy (non-hydrogen) atoms. The highest BCUT2D eigenvalue weighted by molar-refractivity contribution is 5.85. The van der Waals surface area contributed by atoms with Gasteiger partial charge >= 0.3 is 12.2 Å². The minimum absolute atomic E-state index is 0.0228. The fraction of sp³-hybridized carbons (Fsp3) is 0.500. The van der Waals surface area contributed by atoms with Gasteiger partial charge < -0.3 is 15.5 Å². The average molecular weight is 343 g/mol. The van der Waals surface area contributed by atoms with Crippen molar-refractivity contribution in [2.24, 2.45) is 0 Å². The van der Waals surface area contributed by atoms with Gasteiger partial charge in [-0.05, 0) is 24.0 Å². The van der Waals surface area contributed by atoms with Gasteiger partial charge in [0.1, 0.15) is 6.54 Å². The van der Waals surface area contributed by atoms with E-state index in [0.29, 0.717) is 31.6 Å². The van der Waals surface area contributed by atoms with E-state index in [4.69, 9.17) is 0 Å². The fourth-order valence-electron chi connectivity index (χ4n) is 2.51. The Hall–Kier alpha value is -2.25. The Kier molecular flexibility index (Phi) is 5.69. The van der Waals surface area contributed by atoms with Crippen LogP contribution in [0.2, 0.25) is 0 Å². The molecule has 2 N–H and O–H groups in total. The molecule has 132 valence electrons. The van der Waals surface area contributed by atoms with Crippen molar-refractivity contribution >= 4 is 11.9 Å². The first-order valence-corrected chi connectivity index (χ1v) is 7.74. The molecule has 1 aromatic carbocycles. The number of rotatable bonds is 4. The van der Waals surface area contributed by atoms with Crippen LogP contribution in [0.1, 0.15) is 30.4 Å². The zero-order valence-electron chi connectivity index (χ0n) is 13.3. The second-order valence-corrected chi connectivity index (χ2v) is 5.82. The number of piperazine rings is 1. The standard InChI is InChI=1S/C16H20F3N3O2/c1-11(12-3-2-4-13(9-12)16(17,18)19)5-6-21-15(24)22-8-7-20-14(23)10-22/h2-4,9,11H,5-8,10H2,1H3,(H,20,23)(H,21,24). The number of carbonyl (C=O) groups is 2. The summed E-state index contributed by atoms with van der Waals surface area (Å²) in [5, 5.41) is 5.33. The Morgan fingerprint density at radius 3 is 2.83 bits per heavy atom. The molecule has 5 nitrogen and oxygen atoms in total. The van der Waals surface area contributed by atoms with Gasteiger partial charge in [-0.25, -0.2) is 4.79 Å². The predicted molar refractivity (Wildman–Crippen MR) is 82.5 cm³/mol. The first kappa shape index (κ1) is 18.1. The van der Waals surface area contributed by atoms with Crippen LogP contribution in [0, 0.1) is 0 Å². The van der Waals surface area contributed by atoms with E-state index in [1.807, 2.05) is 6.92 Å². The number of urea groups is 1. The summed E-state index contributed by atoms with van der Waals surface area (Å²) < 4.78 is 38.2. The number of hydrogen-bond acceptors (Lipinski definition) is 2. The molecule has 0 spiro atoms. The molecule has 1 fully saturated rings. The van der Waals surface area contributed by atoms with Gasteiger partial charge in [0.15, 0.2) is 0 Å². The number of halogens is 3. The summed E-state index contributed by atoms with van der Waals surface area (Å²) >= 11 is 0. The molecule has 1 aliphatic heterocycles. The summed E-state index contributed by atoms with van der Waals surface area (Å²) in [6.07, 6.45) is -3.86. The largest absolute Gasteiger partial charge is 0.416 e. The van der Waals surface area contributed by atoms with Gasteiger partial charge in [0.2, 0.25) is 5.91 Å². The molecule has 0 bridgehead atoms. The highest BCUT2D eigenvalue weighted by Gasteiger charge is 2.30. The molecule has 0 radical (unpaired) electrons. The average Bonchev–Trinajstić information content (AvgIpc) is 2.54. The van der Waals surface area contributed by atoms with Crippen molar-refractivity contribution in [3.63, 3.8) is 0 Å². The molecule has 0 aromatic heterocycles. The Morgan fingerprint density at radius 1 is 1.42 bits per heavy atom. The van der Waals surface area contributed by atoms with Gasteiger partial charge in [0.05, 0.1) is 5.56 Å². The van der Waals surface area contributed by atoms with E-state index >= 15 is 0 Å². The summed E-state index contributed by atoms with van der Waals surface area (Å²) in [4.78, 5) is 24.6. The fourth-order valence-corrected chi connectivity index (χ4v) is 2.51. The highest BCUT2D eigenvalue weighted by atomic mass is 19.4. The lowest BCUT2D eigenvalue weighted by atomic mass is 9.96. The van der Waals surface area contributed by atoms with Crippen LogP contribution in [0.3, 0.4) is 0 Å². The second-order valence-electron chi connectivity index (χ2n) is 5.82. The van der Waals surface area contributed by atoms with Crippen LogP contribution in [-0.4, -0.2) is 43.0 Å². The van der Waals surface area contributed by atoms with Crippen molar-refractivity contribution in [1.82, 2.24) is 15.5 Å². The summed E-state index contributed by atoms with van der Waals surface area (Å²) in [7, 11) is 0. The Labute approximate surface area is 138 Å². The quantitative estimate of drug-likeness (QED) is 0.882. The minimum Gasteiger partial charge on any atom is -0.353 e. The first-order chi connectivity index (χ1) is 11.3. The molecule has 1 saturated heterocycles. The predicted octanol–water partition coefficient (Wildman–Crippen LogP) is 2.34. The number of nitrogens with one attached hydrogen (secondary N) is 2. The maximum atomic E-state index is 12.7. The second kappa shape index (κ2) is 7.55.